The Kier molecular flexibility index (Phi) is 8.07. The molecule has 30 heavy (non-hydrogen) atoms. The number of hydrogen-bond acceptors (Lipinski definition) is 2. The topological polar surface area (TPSA) is 45.5 Å². The fourth-order valence-electron chi connectivity index (χ4n) is 3.70. The molecule has 0 spiro atoms. The molecule has 0 bridgehead atoms. The van der Waals surface area contributed by atoms with Crippen LogP contribution < -0.4 is 5.32 Å². The summed E-state index contributed by atoms with van der Waals surface area (Å²) in [5, 5.41) is 3.49. The maximum absolute atomic E-state index is 4.53. The molecule has 2 aromatic carbocycles. The molecule has 6 heteroatoms. The van der Waals surface area contributed by atoms with Crippen LogP contribution in [-0.4, -0.2) is 40.5 Å². The molecule has 156 valence electrons. The first-order valence-corrected chi connectivity index (χ1v) is 10.1. The van der Waals surface area contributed by atoms with E-state index in [2.05, 4.69) is 85.4 Å². The minimum Gasteiger partial charge on any atom is -0.349 e. The van der Waals surface area contributed by atoms with Gasteiger partial charge in [-0.15, -0.1) is 24.0 Å². The number of guanidine groups is 1. The SMILES string of the molecule is CN=C(NCc1nccn1Cc1ccccc1)N1CC=C(c2ccccc2)CC1.I. The molecule has 1 N–H and O–H groups in total. The summed E-state index contributed by atoms with van der Waals surface area (Å²) in [6, 6.07) is 21.1. The minimum atomic E-state index is 0. The Hall–Kier alpha value is -2.61. The van der Waals surface area contributed by atoms with E-state index in [0.717, 1.165) is 37.8 Å². The zero-order chi connectivity index (χ0) is 19.9. The van der Waals surface area contributed by atoms with Gasteiger partial charge in [0.05, 0.1) is 6.54 Å². The third-order valence-electron chi connectivity index (χ3n) is 5.27. The predicted molar refractivity (Wildman–Crippen MR) is 134 cm³/mol. The van der Waals surface area contributed by atoms with E-state index in [-0.39, 0.29) is 24.0 Å². The van der Waals surface area contributed by atoms with E-state index in [1.165, 1.54) is 16.7 Å². The fraction of sp³-hybridized carbons (Fsp3) is 0.250. The molecular formula is C24H28IN5. The highest BCUT2D eigenvalue weighted by molar-refractivity contribution is 14.0. The molecule has 1 aliphatic rings. The Balaban J connectivity index is 0.00000256. The normalized spacial score (nSPS) is 14.1. The predicted octanol–water partition coefficient (Wildman–Crippen LogP) is 4.41. The number of aliphatic imine (C=N–C) groups is 1. The number of imidazole rings is 1. The van der Waals surface area contributed by atoms with Crippen molar-refractivity contribution in [1.29, 1.82) is 0 Å². The van der Waals surface area contributed by atoms with Crippen LogP contribution in [0.4, 0.5) is 0 Å². The van der Waals surface area contributed by atoms with Gasteiger partial charge in [-0.25, -0.2) is 4.98 Å². The summed E-state index contributed by atoms with van der Waals surface area (Å²) < 4.78 is 2.18. The second-order valence-corrected chi connectivity index (χ2v) is 7.15. The van der Waals surface area contributed by atoms with Gasteiger partial charge in [-0.05, 0) is 23.1 Å². The molecule has 0 radical (unpaired) electrons. The molecular weight excluding hydrogens is 485 g/mol. The minimum absolute atomic E-state index is 0. The molecule has 0 fully saturated rings. The lowest BCUT2D eigenvalue weighted by Gasteiger charge is -2.29. The Morgan fingerprint density at radius 2 is 1.80 bits per heavy atom. The average Bonchev–Trinajstić information content (AvgIpc) is 3.23. The monoisotopic (exact) mass is 513 g/mol. The molecule has 0 saturated heterocycles. The highest BCUT2D eigenvalue weighted by atomic mass is 127. The lowest BCUT2D eigenvalue weighted by atomic mass is 10.00. The molecule has 0 atom stereocenters. The van der Waals surface area contributed by atoms with Crippen molar-refractivity contribution in [2.75, 3.05) is 20.1 Å². The van der Waals surface area contributed by atoms with Gasteiger partial charge in [-0.2, -0.15) is 0 Å². The number of nitrogens with zero attached hydrogens (tertiary/aromatic N) is 4. The number of halogens is 1. The number of hydrogen-bond donors (Lipinski definition) is 1. The highest BCUT2D eigenvalue weighted by Crippen LogP contribution is 2.22. The Bertz CT molecular complexity index is 979. The second-order valence-electron chi connectivity index (χ2n) is 7.15. The summed E-state index contributed by atoms with van der Waals surface area (Å²) >= 11 is 0. The van der Waals surface area contributed by atoms with Gasteiger partial charge in [0, 0.05) is 39.1 Å². The maximum Gasteiger partial charge on any atom is 0.194 e. The molecule has 0 saturated carbocycles. The van der Waals surface area contributed by atoms with E-state index in [9.17, 15) is 0 Å². The van der Waals surface area contributed by atoms with Crippen molar-refractivity contribution in [2.24, 2.45) is 4.99 Å². The van der Waals surface area contributed by atoms with Crippen molar-refractivity contribution in [3.8, 4) is 0 Å². The summed E-state index contributed by atoms with van der Waals surface area (Å²) in [5.41, 5.74) is 4.00. The van der Waals surface area contributed by atoms with Gasteiger partial charge in [0.2, 0.25) is 0 Å². The van der Waals surface area contributed by atoms with Gasteiger partial charge in [-0.1, -0.05) is 66.7 Å². The van der Waals surface area contributed by atoms with E-state index in [1.807, 2.05) is 25.5 Å². The van der Waals surface area contributed by atoms with Gasteiger partial charge in [0.25, 0.3) is 0 Å². The van der Waals surface area contributed by atoms with Crippen LogP contribution in [0.3, 0.4) is 0 Å². The van der Waals surface area contributed by atoms with E-state index in [0.29, 0.717) is 6.54 Å². The van der Waals surface area contributed by atoms with Gasteiger partial charge in [-0.3, -0.25) is 4.99 Å². The van der Waals surface area contributed by atoms with E-state index in [1.54, 1.807) is 0 Å². The van der Waals surface area contributed by atoms with Crippen LogP contribution in [0.15, 0.2) is 84.1 Å². The van der Waals surface area contributed by atoms with Crippen molar-refractivity contribution in [1.82, 2.24) is 19.8 Å². The molecule has 1 aliphatic heterocycles. The summed E-state index contributed by atoms with van der Waals surface area (Å²) in [7, 11) is 1.84. The van der Waals surface area contributed by atoms with Crippen molar-refractivity contribution < 1.29 is 0 Å². The van der Waals surface area contributed by atoms with Crippen molar-refractivity contribution in [2.45, 2.75) is 19.5 Å². The van der Waals surface area contributed by atoms with Crippen molar-refractivity contribution in [3.05, 3.63) is 96.1 Å². The summed E-state index contributed by atoms with van der Waals surface area (Å²) in [4.78, 5) is 11.3. The van der Waals surface area contributed by atoms with Crippen molar-refractivity contribution >= 4 is 35.5 Å². The molecule has 0 unspecified atom stereocenters. The zero-order valence-electron chi connectivity index (χ0n) is 17.2. The van der Waals surface area contributed by atoms with Crippen LogP contribution in [0.1, 0.15) is 23.4 Å². The first kappa shape index (κ1) is 22.1. The lowest BCUT2D eigenvalue weighted by Crippen LogP contribution is -2.43. The third-order valence-corrected chi connectivity index (χ3v) is 5.27. The maximum atomic E-state index is 4.53. The Morgan fingerprint density at radius 3 is 2.47 bits per heavy atom. The molecule has 1 aromatic heterocycles. The largest absolute Gasteiger partial charge is 0.349 e. The van der Waals surface area contributed by atoms with Gasteiger partial charge in [0.15, 0.2) is 5.96 Å². The number of benzene rings is 2. The smallest absolute Gasteiger partial charge is 0.194 e. The standard InChI is InChI=1S/C24H27N5.HI/c1-25-24(28-15-12-22(13-16-28)21-10-6-3-7-11-21)27-18-23-26-14-17-29(23)19-20-8-4-2-5-9-20;/h2-12,14,17H,13,15-16,18-19H2,1H3,(H,25,27);1H. The highest BCUT2D eigenvalue weighted by Gasteiger charge is 2.16. The van der Waals surface area contributed by atoms with E-state index in [4.69, 9.17) is 0 Å². The number of aromatic nitrogens is 2. The Morgan fingerprint density at radius 1 is 1.07 bits per heavy atom. The van der Waals surface area contributed by atoms with Crippen LogP contribution in [0.5, 0.6) is 0 Å². The van der Waals surface area contributed by atoms with E-state index < -0.39 is 0 Å². The quantitative estimate of drug-likeness (QED) is 0.312. The average molecular weight is 513 g/mol. The molecule has 2 heterocycles. The van der Waals surface area contributed by atoms with Crippen LogP contribution in [0.2, 0.25) is 0 Å². The fourth-order valence-corrected chi connectivity index (χ4v) is 3.70. The van der Waals surface area contributed by atoms with Crippen LogP contribution >= 0.6 is 24.0 Å². The lowest BCUT2D eigenvalue weighted by molar-refractivity contribution is 0.438. The molecule has 5 nitrogen and oxygen atoms in total. The second kappa shape index (κ2) is 11.0. The molecule has 0 aliphatic carbocycles. The Labute approximate surface area is 195 Å². The zero-order valence-corrected chi connectivity index (χ0v) is 19.6. The number of rotatable bonds is 5. The van der Waals surface area contributed by atoms with Gasteiger partial charge >= 0.3 is 0 Å². The first-order valence-electron chi connectivity index (χ1n) is 10.1. The van der Waals surface area contributed by atoms with Crippen molar-refractivity contribution in [3.63, 3.8) is 0 Å². The molecule has 4 rings (SSSR count). The summed E-state index contributed by atoms with van der Waals surface area (Å²) in [5.74, 6) is 1.93. The number of nitrogens with one attached hydrogen (secondary N) is 1. The van der Waals surface area contributed by atoms with Crippen LogP contribution in [-0.2, 0) is 13.1 Å². The van der Waals surface area contributed by atoms with Crippen LogP contribution in [0.25, 0.3) is 5.57 Å². The van der Waals surface area contributed by atoms with Crippen LogP contribution in [0, 0.1) is 0 Å². The van der Waals surface area contributed by atoms with Gasteiger partial charge in [0.1, 0.15) is 5.82 Å². The summed E-state index contributed by atoms with van der Waals surface area (Å²) in [6.45, 7) is 3.29. The molecule has 3 aromatic rings. The first-order chi connectivity index (χ1) is 14.3. The third kappa shape index (κ3) is 5.50. The summed E-state index contributed by atoms with van der Waals surface area (Å²) in [6.07, 6.45) is 7.22. The van der Waals surface area contributed by atoms with Gasteiger partial charge < -0.3 is 14.8 Å². The molecule has 0 amide bonds. The van der Waals surface area contributed by atoms with E-state index >= 15 is 0 Å².